The van der Waals surface area contributed by atoms with Gasteiger partial charge in [0.1, 0.15) is 6.26 Å². The molecule has 1 aromatic carbocycles. The molecular weight excluding hydrogens is 264 g/mol. The number of nitrogens with zero attached hydrogens (tertiary/aromatic N) is 1. The average Bonchev–Trinajstić information content (AvgIpc) is 2.98. The largest absolute Gasteiger partial charge is 0.472 e. The summed E-state index contributed by atoms with van der Waals surface area (Å²) in [6, 6.07) is 10.2. The summed E-state index contributed by atoms with van der Waals surface area (Å²) in [6.45, 7) is 3.78. The number of fused-ring (bicyclic) bond motifs is 1. The number of furan rings is 1. The molecule has 2 heterocycles. The van der Waals surface area contributed by atoms with E-state index < -0.39 is 0 Å². The Morgan fingerprint density at radius 3 is 3.00 bits per heavy atom. The summed E-state index contributed by atoms with van der Waals surface area (Å²) in [5.41, 5.74) is 2.81. The summed E-state index contributed by atoms with van der Waals surface area (Å²) in [5, 5.41) is 3.52. The maximum Gasteiger partial charge on any atom is 0.261 e. The Labute approximate surface area is 124 Å². The van der Waals surface area contributed by atoms with Crippen molar-refractivity contribution in [1.82, 2.24) is 5.32 Å². The third kappa shape index (κ3) is 2.72. The van der Waals surface area contributed by atoms with Crippen LogP contribution in [0.1, 0.15) is 41.7 Å². The molecule has 0 saturated carbocycles. The van der Waals surface area contributed by atoms with Gasteiger partial charge in [-0.15, -0.1) is 0 Å². The highest BCUT2D eigenvalue weighted by atomic mass is 16.3. The van der Waals surface area contributed by atoms with Crippen molar-refractivity contribution in [2.75, 3.05) is 18.0 Å². The van der Waals surface area contributed by atoms with Crippen molar-refractivity contribution in [2.45, 2.75) is 25.8 Å². The molecule has 0 radical (unpaired) electrons. The van der Waals surface area contributed by atoms with Crippen molar-refractivity contribution in [3.63, 3.8) is 0 Å². The molecule has 1 aliphatic heterocycles. The van der Waals surface area contributed by atoms with Crippen LogP contribution in [-0.2, 0) is 0 Å². The fourth-order valence-corrected chi connectivity index (χ4v) is 2.97. The molecule has 0 fully saturated rings. The second-order valence-electron chi connectivity index (χ2n) is 5.28. The normalized spacial score (nSPS) is 18.1. The highest BCUT2D eigenvalue weighted by Gasteiger charge is 2.26. The highest BCUT2D eigenvalue weighted by Crippen LogP contribution is 2.33. The van der Waals surface area contributed by atoms with Gasteiger partial charge in [-0.2, -0.15) is 0 Å². The van der Waals surface area contributed by atoms with Gasteiger partial charge < -0.3 is 14.6 Å². The third-order valence-electron chi connectivity index (χ3n) is 3.94. The van der Waals surface area contributed by atoms with Crippen molar-refractivity contribution in [1.29, 1.82) is 0 Å². The highest BCUT2D eigenvalue weighted by molar-refractivity contribution is 6.06. The maximum atomic E-state index is 12.7. The van der Waals surface area contributed by atoms with Crippen LogP contribution in [0, 0.1) is 0 Å². The minimum atomic E-state index is 0.00773. The molecule has 3 rings (SSSR count). The van der Waals surface area contributed by atoms with E-state index in [1.807, 2.05) is 23.1 Å². The summed E-state index contributed by atoms with van der Waals surface area (Å²) in [4.78, 5) is 14.6. The zero-order valence-electron chi connectivity index (χ0n) is 12.2. The quantitative estimate of drug-likeness (QED) is 0.940. The number of amides is 1. The lowest BCUT2D eigenvalue weighted by Gasteiger charge is -2.23. The molecule has 0 bridgehead atoms. The number of rotatable bonds is 3. The van der Waals surface area contributed by atoms with Crippen LogP contribution >= 0.6 is 0 Å². The Balaban J connectivity index is 1.98. The number of carbonyl (C=O) groups excluding carboxylic acids is 1. The van der Waals surface area contributed by atoms with Crippen LogP contribution in [0.4, 0.5) is 5.69 Å². The van der Waals surface area contributed by atoms with Crippen LogP contribution in [0.5, 0.6) is 0 Å². The predicted octanol–water partition coefficient (Wildman–Crippen LogP) is 3.37. The third-order valence-corrected chi connectivity index (χ3v) is 3.94. The van der Waals surface area contributed by atoms with Crippen LogP contribution in [0.3, 0.4) is 0 Å². The van der Waals surface area contributed by atoms with Crippen molar-refractivity contribution in [3.05, 3.63) is 54.0 Å². The molecule has 1 unspecified atom stereocenters. The molecule has 1 N–H and O–H groups in total. The molecule has 2 aromatic rings. The first kappa shape index (κ1) is 13.9. The van der Waals surface area contributed by atoms with Gasteiger partial charge in [0, 0.05) is 18.3 Å². The number of para-hydroxylation sites is 1. The van der Waals surface area contributed by atoms with E-state index >= 15 is 0 Å². The lowest BCUT2D eigenvalue weighted by molar-refractivity contribution is 0.0986. The maximum absolute atomic E-state index is 12.7. The van der Waals surface area contributed by atoms with E-state index in [2.05, 4.69) is 18.3 Å². The Bertz CT molecular complexity index is 607. The Hall–Kier alpha value is -2.07. The van der Waals surface area contributed by atoms with Crippen LogP contribution in [0.2, 0.25) is 0 Å². The summed E-state index contributed by atoms with van der Waals surface area (Å²) in [5.74, 6) is 0.00773. The summed E-state index contributed by atoms with van der Waals surface area (Å²) in [6.07, 6.45) is 5.08. The van der Waals surface area contributed by atoms with E-state index in [1.165, 1.54) is 11.8 Å². The standard InChI is InChI=1S/C17H20N2O2/c1-2-18-15-7-5-10-19(16-8-4-3-6-14(15)16)17(20)13-9-11-21-12-13/h3-4,6,8-9,11-12,15,18H,2,5,7,10H2,1H3. The minimum Gasteiger partial charge on any atom is -0.472 e. The first-order chi connectivity index (χ1) is 10.3. The van der Waals surface area contributed by atoms with Gasteiger partial charge in [-0.3, -0.25) is 4.79 Å². The van der Waals surface area contributed by atoms with E-state index in [0.717, 1.165) is 31.6 Å². The molecule has 4 nitrogen and oxygen atoms in total. The van der Waals surface area contributed by atoms with E-state index in [-0.39, 0.29) is 5.91 Å². The number of anilines is 1. The van der Waals surface area contributed by atoms with E-state index in [0.29, 0.717) is 11.6 Å². The molecule has 1 atom stereocenters. The molecule has 4 heteroatoms. The molecule has 110 valence electrons. The van der Waals surface area contributed by atoms with Gasteiger partial charge in [0.15, 0.2) is 0 Å². The lowest BCUT2D eigenvalue weighted by Crippen LogP contribution is -2.31. The van der Waals surface area contributed by atoms with Crippen LogP contribution < -0.4 is 10.2 Å². The molecule has 1 aliphatic rings. The zero-order valence-corrected chi connectivity index (χ0v) is 12.2. The topological polar surface area (TPSA) is 45.5 Å². The fraction of sp³-hybridized carbons (Fsp3) is 0.353. The predicted molar refractivity (Wildman–Crippen MR) is 82.5 cm³/mol. The zero-order chi connectivity index (χ0) is 14.7. The van der Waals surface area contributed by atoms with Crippen molar-refractivity contribution < 1.29 is 9.21 Å². The molecule has 1 amide bonds. The summed E-state index contributed by atoms with van der Waals surface area (Å²) < 4.78 is 5.05. The van der Waals surface area contributed by atoms with Crippen LogP contribution in [-0.4, -0.2) is 19.0 Å². The smallest absolute Gasteiger partial charge is 0.261 e. The first-order valence-electron chi connectivity index (χ1n) is 7.47. The number of nitrogens with one attached hydrogen (secondary N) is 1. The van der Waals surface area contributed by atoms with Gasteiger partial charge in [-0.05, 0) is 37.1 Å². The fourth-order valence-electron chi connectivity index (χ4n) is 2.97. The molecule has 1 aromatic heterocycles. The molecular formula is C17H20N2O2. The summed E-state index contributed by atoms with van der Waals surface area (Å²) >= 11 is 0. The Kier molecular flexibility index (Phi) is 4.06. The average molecular weight is 284 g/mol. The number of hydrogen-bond donors (Lipinski definition) is 1. The monoisotopic (exact) mass is 284 g/mol. The van der Waals surface area contributed by atoms with Gasteiger partial charge in [-0.1, -0.05) is 25.1 Å². The molecule has 0 aliphatic carbocycles. The SMILES string of the molecule is CCNC1CCCN(C(=O)c2ccoc2)c2ccccc21. The molecule has 0 spiro atoms. The van der Waals surface area contributed by atoms with Crippen molar-refractivity contribution in [2.24, 2.45) is 0 Å². The lowest BCUT2D eigenvalue weighted by atomic mass is 10.0. The van der Waals surface area contributed by atoms with E-state index in [9.17, 15) is 4.79 Å². The minimum absolute atomic E-state index is 0.00773. The van der Waals surface area contributed by atoms with Crippen LogP contribution in [0.15, 0.2) is 47.3 Å². The molecule has 21 heavy (non-hydrogen) atoms. The van der Waals surface area contributed by atoms with Crippen molar-refractivity contribution >= 4 is 11.6 Å². The van der Waals surface area contributed by atoms with Crippen LogP contribution in [0.25, 0.3) is 0 Å². The second-order valence-corrected chi connectivity index (χ2v) is 5.28. The number of hydrogen-bond acceptors (Lipinski definition) is 3. The first-order valence-corrected chi connectivity index (χ1v) is 7.47. The van der Waals surface area contributed by atoms with E-state index in [1.54, 1.807) is 12.3 Å². The van der Waals surface area contributed by atoms with Gasteiger partial charge in [0.05, 0.1) is 11.8 Å². The molecule has 0 saturated heterocycles. The van der Waals surface area contributed by atoms with E-state index in [4.69, 9.17) is 4.42 Å². The Morgan fingerprint density at radius 1 is 1.38 bits per heavy atom. The van der Waals surface area contributed by atoms with Gasteiger partial charge >= 0.3 is 0 Å². The number of benzene rings is 1. The van der Waals surface area contributed by atoms with Crippen molar-refractivity contribution in [3.8, 4) is 0 Å². The van der Waals surface area contributed by atoms with Gasteiger partial charge in [0.25, 0.3) is 5.91 Å². The number of carbonyl (C=O) groups is 1. The summed E-state index contributed by atoms with van der Waals surface area (Å²) in [7, 11) is 0. The second kappa shape index (κ2) is 6.14. The van der Waals surface area contributed by atoms with Gasteiger partial charge in [0.2, 0.25) is 0 Å². The Morgan fingerprint density at radius 2 is 2.24 bits per heavy atom. The van der Waals surface area contributed by atoms with Gasteiger partial charge in [-0.25, -0.2) is 0 Å².